The SMILES string of the molecule is [O-]c1on[n+]2c1CC[C@@H]1C[C@@H]12. The Balaban J connectivity index is 2.16. The van der Waals surface area contributed by atoms with Gasteiger partial charge >= 0.3 is 0 Å². The maximum absolute atomic E-state index is 11.0. The zero-order valence-corrected chi connectivity index (χ0v) is 5.99. The smallest absolute Gasteiger partial charge is 0.233 e. The highest BCUT2D eigenvalue weighted by atomic mass is 16.6. The van der Waals surface area contributed by atoms with Crippen LogP contribution in [0.4, 0.5) is 0 Å². The van der Waals surface area contributed by atoms with Crippen LogP contribution in [0.1, 0.15) is 24.6 Å². The lowest BCUT2D eigenvalue weighted by molar-refractivity contribution is -0.777. The molecule has 4 heteroatoms. The van der Waals surface area contributed by atoms with Gasteiger partial charge in [0.05, 0.1) is 5.27 Å². The van der Waals surface area contributed by atoms with Crippen molar-refractivity contribution in [2.24, 2.45) is 5.92 Å². The summed E-state index contributed by atoms with van der Waals surface area (Å²) in [5, 5.41) is 14.7. The number of aromatic nitrogens is 2. The van der Waals surface area contributed by atoms with Gasteiger partial charge in [0, 0.05) is 18.8 Å². The summed E-state index contributed by atoms with van der Waals surface area (Å²) >= 11 is 0. The van der Waals surface area contributed by atoms with Gasteiger partial charge in [0.25, 0.3) is 0 Å². The minimum Gasteiger partial charge on any atom is -0.539 e. The maximum Gasteiger partial charge on any atom is 0.233 e. The first-order valence-electron chi connectivity index (χ1n) is 3.93. The van der Waals surface area contributed by atoms with Gasteiger partial charge in [-0.3, -0.25) is 0 Å². The lowest BCUT2D eigenvalue weighted by Gasteiger charge is -2.01. The summed E-state index contributed by atoms with van der Waals surface area (Å²) in [6.07, 6.45) is 3.17. The van der Waals surface area contributed by atoms with E-state index in [-0.39, 0.29) is 5.95 Å². The highest BCUT2D eigenvalue weighted by Gasteiger charge is 2.52. The molecule has 0 aromatic carbocycles. The molecule has 1 aliphatic heterocycles. The predicted molar refractivity (Wildman–Crippen MR) is 31.6 cm³/mol. The molecule has 1 aromatic heterocycles. The third-order valence-corrected chi connectivity index (χ3v) is 2.68. The quantitative estimate of drug-likeness (QED) is 0.473. The van der Waals surface area contributed by atoms with Gasteiger partial charge in [-0.15, -0.1) is 0 Å². The fraction of sp³-hybridized carbons (Fsp3) is 0.714. The van der Waals surface area contributed by atoms with E-state index >= 15 is 0 Å². The molecule has 2 heterocycles. The molecule has 0 bridgehead atoms. The summed E-state index contributed by atoms with van der Waals surface area (Å²) in [5.41, 5.74) is 0.767. The van der Waals surface area contributed by atoms with Crippen LogP contribution in [0.25, 0.3) is 0 Å². The third kappa shape index (κ3) is 0.593. The van der Waals surface area contributed by atoms with Crippen molar-refractivity contribution < 1.29 is 14.3 Å². The molecule has 1 aliphatic carbocycles. The lowest BCUT2D eigenvalue weighted by Crippen LogP contribution is -2.41. The molecular formula is C7H8N2O2. The van der Waals surface area contributed by atoms with Crippen molar-refractivity contribution in [1.29, 1.82) is 0 Å². The third-order valence-electron chi connectivity index (χ3n) is 2.68. The van der Waals surface area contributed by atoms with E-state index in [0.717, 1.165) is 24.5 Å². The minimum atomic E-state index is -0.240. The Bertz CT molecular complexity index is 307. The van der Waals surface area contributed by atoms with Crippen LogP contribution in [0, 0.1) is 5.92 Å². The van der Waals surface area contributed by atoms with Crippen LogP contribution in [0.5, 0.6) is 5.95 Å². The Morgan fingerprint density at radius 2 is 2.55 bits per heavy atom. The lowest BCUT2D eigenvalue weighted by atomic mass is 10.1. The first-order chi connectivity index (χ1) is 5.36. The number of rotatable bonds is 0. The van der Waals surface area contributed by atoms with Crippen LogP contribution in [-0.2, 0) is 6.42 Å². The van der Waals surface area contributed by atoms with Crippen molar-refractivity contribution in [1.82, 2.24) is 5.27 Å². The zero-order valence-electron chi connectivity index (χ0n) is 5.99. The fourth-order valence-electron chi connectivity index (χ4n) is 1.92. The molecule has 11 heavy (non-hydrogen) atoms. The molecule has 0 spiro atoms. The van der Waals surface area contributed by atoms with Crippen LogP contribution in [0.2, 0.25) is 0 Å². The molecule has 58 valence electrons. The van der Waals surface area contributed by atoms with Crippen LogP contribution >= 0.6 is 0 Å². The molecule has 1 aromatic rings. The molecule has 0 unspecified atom stereocenters. The Kier molecular flexibility index (Phi) is 0.796. The Labute approximate surface area is 63.4 Å². The van der Waals surface area contributed by atoms with Crippen LogP contribution in [-0.4, -0.2) is 5.27 Å². The molecule has 0 radical (unpaired) electrons. The second-order valence-electron chi connectivity index (χ2n) is 3.35. The van der Waals surface area contributed by atoms with Crippen molar-refractivity contribution in [3.05, 3.63) is 5.69 Å². The second kappa shape index (κ2) is 1.57. The monoisotopic (exact) mass is 152 g/mol. The Morgan fingerprint density at radius 3 is 3.45 bits per heavy atom. The summed E-state index contributed by atoms with van der Waals surface area (Å²) in [4.78, 5) is 0. The van der Waals surface area contributed by atoms with Gasteiger partial charge in [-0.1, -0.05) is 4.68 Å². The van der Waals surface area contributed by atoms with Crippen molar-refractivity contribution in [2.75, 3.05) is 0 Å². The summed E-state index contributed by atoms with van der Waals surface area (Å²) in [6.45, 7) is 0. The van der Waals surface area contributed by atoms with Crippen molar-refractivity contribution in [3.8, 4) is 5.95 Å². The maximum atomic E-state index is 11.0. The molecule has 0 N–H and O–H groups in total. The summed E-state index contributed by atoms with van der Waals surface area (Å²) in [6, 6.07) is 0.491. The number of fused-ring (bicyclic) bond motifs is 3. The largest absolute Gasteiger partial charge is 0.539 e. The Morgan fingerprint density at radius 1 is 1.64 bits per heavy atom. The van der Waals surface area contributed by atoms with Crippen LogP contribution < -0.4 is 9.79 Å². The van der Waals surface area contributed by atoms with Crippen molar-refractivity contribution in [3.63, 3.8) is 0 Å². The van der Waals surface area contributed by atoms with Gasteiger partial charge in [-0.05, 0) is 6.42 Å². The van der Waals surface area contributed by atoms with E-state index in [4.69, 9.17) is 0 Å². The minimum absolute atomic E-state index is 0.240. The van der Waals surface area contributed by atoms with Crippen LogP contribution in [0.15, 0.2) is 4.52 Å². The van der Waals surface area contributed by atoms with E-state index in [9.17, 15) is 5.11 Å². The van der Waals surface area contributed by atoms with Gasteiger partial charge in [-0.25, -0.2) is 0 Å². The van der Waals surface area contributed by atoms with E-state index in [1.54, 1.807) is 4.68 Å². The van der Waals surface area contributed by atoms with Gasteiger partial charge in [0.1, 0.15) is 0 Å². The number of nitrogens with zero attached hydrogens (tertiary/aromatic N) is 2. The highest BCUT2D eigenvalue weighted by molar-refractivity contribution is 5.07. The first kappa shape index (κ1) is 5.57. The average Bonchev–Trinajstić information content (AvgIpc) is 2.71. The zero-order chi connectivity index (χ0) is 7.42. The summed E-state index contributed by atoms with van der Waals surface area (Å²) in [5.74, 6) is 0.535. The molecular weight excluding hydrogens is 144 g/mol. The molecule has 2 aliphatic rings. The number of hydrogen-bond acceptors (Lipinski definition) is 3. The van der Waals surface area contributed by atoms with Crippen molar-refractivity contribution in [2.45, 2.75) is 25.3 Å². The predicted octanol–water partition coefficient (Wildman–Crippen LogP) is -0.457. The Hall–Kier alpha value is -1.06. The normalized spacial score (nSPS) is 32.7. The van der Waals surface area contributed by atoms with Crippen LogP contribution in [0.3, 0.4) is 0 Å². The van der Waals surface area contributed by atoms with Gasteiger partial charge in [-0.2, -0.15) is 0 Å². The van der Waals surface area contributed by atoms with Crippen molar-refractivity contribution >= 4 is 0 Å². The highest BCUT2D eigenvalue weighted by Crippen LogP contribution is 2.45. The van der Waals surface area contributed by atoms with Gasteiger partial charge in [0.15, 0.2) is 12.0 Å². The summed E-state index contributed by atoms with van der Waals surface area (Å²) in [7, 11) is 0. The fourth-order valence-corrected chi connectivity index (χ4v) is 1.92. The molecule has 0 saturated heterocycles. The standard InChI is InChI=1S/C7H8N2O2/c10-7-5-2-1-4-3-6(4)9(5)8-11-7/h4,6H,1-3H2/t4-,6+/m1/s1. The van der Waals surface area contributed by atoms with E-state index in [0.29, 0.717) is 6.04 Å². The molecule has 1 saturated carbocycles. The average molecular weight is 152 g/mol. The first-order valence-corrected chi connectivity index (χ1v) is 3.93. The van der Waals surface area contributed by atoms with E-state index < -0.39 is 0 Å². The molecule has 4 nitrogen and oxygen atoms in total. The molecule has 3 rings (SSSR count). The van der Waals surface area contributed by atoms with Gasteiger partial charge < -0.3 is 9.63 Å². The van der Waals surface area contributed by atoms with E-state index in [2.05, 4.69) is 9.79 Å². The van der Waals surface area contributed by atoms with E-state index in [1.807, 2.05) is 0 Å². The van der Waals surface area contributed by atoms with E-state index in [1.165, 1.54) is 6.42 Å². The van der Waals surface area contributed by atoms with Gasteiger partial charge in [0.2, 0.25) is 5.69 Å². The topological polar surface area (TPSA) is 53.0 Å². The second-order valence-corrected chi connectivity index (χ2v) is 3.35. The molecule has 0 amide bonds. The summed E-state index contributed by atoms with van der Waals surface area (Å²) < 4.78 is 6.35. The number of hydrogen-bond donors (Lipinski definition) is 0. The molecule has 2 atom stereocenters. The molecule has 1 fully saturated rings.